The molecule has 10 nitrogen and oxygen atoms in total. The molecule has 0 saturated carbocycles. The fraction of sp³-hybridized carbons (Fsp3) is 0.261. The van der Waals surface area contributed by atoms with E-state index in [4.69, 9.17) is 10.2 Å². The highest BCUT2D eigenvalue weighted by Gasteiger charge is 2.14. The Morgan fingerprint density at radius 2 is 1.91 bits per heavy atom. The van der Waals surface area contributed by atoms with Gasteiger partial charge in [0.25, 0.3) is 5.91 Å². The van der Waals surface area contributed by atoms with Gasteiger partial charge in [0, 0.05) is 32.1 Å². The lowest BCUT2D eigenvalue weighted by Crippen LogP contribution is -2.25. The largest absolute Gasteiger partial charge is 0.448 e. The molecular weight excluding hydrogens is 441 g/mol. The molecule has 0 radical (unpaired) electrons. The van der Waals surface area contributed by atoms with Crippen molar-refractivity contribution < 1.29 is 18.4 Å². The number of rotatable bonds is 11. The number of oxazole rings is 1. The van der Waals surface area contributed by atoms with Crippen molar-refractivity contribution in [2.75, 3.05) is 13.1 Å². The highest BCUT2D eigenvalue weighted by molar-refractivity contribution is 5.91. The number of nitrogens with two attached hydrogens (primary N) is 1. The topological polar surface area (TPSA) is 141 Å². The summed E-state index contributed by atoms with van der Waals surface area (Å²) >= 11 is 0. The zero-order valence-corrected chi connectivity index (χ0v) is 18.3. The lowest BCUT2D eigenvalue weighted by Gasteiger charge is -2.07. The number of halogens is 1. The van der Waals surface area contributed by atoms with Crippen LogP contribution in [0.15, 0.2) is 53.3 Å². The fourth-order valence-electron chi connectivity index (χ4n) is 3.50. The summed E-state index contributed by atoms with van der Waals surface area (Å²) in [6.07, 6.45) is 3.80. The first-order valence-electron chi connectivity index (χ1n) is 10.8. The molecule has 4 rings (SSSR count). The molecule has 4 N–H and O–H groups in total. The Hall–Kier alpha value is -4.12. The summed E-state index contributed by atoms with van der Waals surface area (Å²) in [5.74, 6) is -0.206. The first kappa shape index (κ1) is 23.1. The molecule has 11 heteroatoms. The first-order valence-corrected chi connectivity index (χ1v) is 10.8. The van der Waals surface area contributed by atoms with Crippen LogP contribution in [-0.4, -0.2) is 44.4 Å². The standard InChI is InChI=1S/C23H24FN7O3/c24-15-4-3-9-27-17(15)12-28-23(33)18-14-34-22(30-18)8-11-26-10-7-21-29-16-5-1-2-6-19(16)31(21)13-20(25)32/h1-6,9,14,26H,7-8,10-13H2,(H2,25,32)(H,28,33). The van der Waals surface area contributed by atoms with Crippen LogP contribution in [-0.2, 0) is 30.7 Å². The van der Waals surface area contributed by atoms with E-state index < -0.39 is 17.6 Å². The second-order valence-electron chi connectivity index (χ2n) is 7.56. The number of carbonyl (C=O) groups excluding carboxylic acids is 2. The van der Waals surface area contributed by atoms with Gasteiger partial charge < -0.3 is 25.4 Å². The predicted molar refractivity (Wildman–Crippen MR) is 121 cm³/mol. The number of nitrogens with one attached hydrogen (secondary N) is 2. The molecule has 0 fully saturated rings. The summed E-state index contributed by atoms with van der Waals surface area (Å²) in [7, 11) is 0. The maximum Gasteiger partial charge on any atom is 0.273 e. The second-order valence-corrected chi connectivity index (χ2v) is 7.56. The summed E-state index contributed by atoms with van der Waals surface area (Å²) in [4.78, 5) is 36.3. The third-order valence-electron chi connectivity index (χ3n) is 5.12. The number of para-hydroxylation sites is 2. The summed E-state index contributed by atoms with van der Waals surface area (Å²) in [5.41, 5.74) is 7.34. The number of imidazole rings is 1. The summed E-state index contributed by atoms with van der Waals surface area (Å²) < 4.78 is 20.8. The van der Waals surface area contributed by atoms with Gasteiger partial charge in [-0.05, 0) is 24.3 Å². The molecule has 1 aromatic carbocycles. The number of fused-ring (bicyclic) bond motifs is 1. The van der Waals surface area contributed by atoms with Crippen LogP contribution in [0.3, 0.4) is 0 Å². The number of carbonyl (C=O) groups is 2. The van der Waals surface area contributed by atoms with E-state index in [1.54, 1.807) is 0 Å². The van der Waals surface area contributed by atoms with Gasteiger partial charge >= 0.3 is 0 Å². The molecule has 0 saturated heterocycles. The number of amides is 2. The monoisotopic (exact) mass is 465 g/mol. The van der Waals surface area contributed by atoms with Gasteiger partial charge in [0.15, 0.2) is 11.6 Å². The van der Waals surface area contributed by atoms with E-state index >= 15 is 0 Å². The number of benzene rings is 1. The van der Waals surface area contributed by atoms with Gasteiger partial charge in [0.2, 0.25) is 5.91 Å². The highest BCUT2D eigenvalue weighted by atomic mass is 19.1. The van der Waals surface area contributed by atoms with Crippen LogP contribution in [0, 0.1) is 5.82 Å². The maximum absolute atomic E-state index is 13.6. The number of primary amides is 1. The molecular formula is C23H24FN7O3. The van der Waals surface area contributed by atoms with Crippen molar-refractivity contribution >= 4 is 22.8 Å². The van der Waals surface area contributed by atoms with Crippen molar-refractivity contribution in [1.82, 2.24) is 30.2 Å². The van der Waals surface area contributed by atoms with Crippen molar-refractivity contribution in [1.29, 1.82) is 0 Å². The van der Waals surface area contributed by atoms with Crippen molar-refractivity contribution in [2.45, 2.75) is 25.9 Å². The zero-order chi connectivity index (χ0) is 23.9. The van der Waals surface area contributed by atoms with Crippen molar-refractivity contribution in [3.63, 3.8) is 0 Å². The smallest absolute Gasteiger partial charge is 0.273 e. The van der Waals surface area contributed by atoms with Gasteiger partial charge in [0.1, 0.15) is 24.4 Å². The van der Waals surface area contributed by atoms with E-state index in [0.717, 1.165) is 16.9 Å². The van der Waals surface area contributed by atoms with Crippen LogP contribution in [0.2, 0.25) is 0 Å². The third-order valence-corrected chi connectivity index (χ3v) is 5.12. The lowest BCUT2D eigenvalue weighted by atomic mass is 10.3. The highest BCUT2D eigenvalue weighted by Crippen LogP contribution is 2.16. The molecule has 3 heterocycles. The Bertz CT molecular complexity index is 1300. The number of hydrogen-bond acceptors (Lipinski definition) is 7. The first-order chi connectivity index (χ1) is 16.5. The Balaban J connectivity index is 1.24. The maximum atomic E-state index is 13.6. The average molecular weight is 465 g/mol. The van der Waals surface area contributed by atoms with E-state index in [9.17, 15) is 14.0 Å². The number of pyridine rings is 1. The van der Waals surface area contributed by atoms with Crippen LogP contribution in [0.1, 0.15) is 27.9 Å². The van der Waals surface area contributed by atoms with Crippen molar-refractivity contribution in [2.24, 2.45) is 5.73 Å². The fourth-order valence-corrected chi connectivity index (χ4v) is 3.50. The van der Waals surface area contributed by atoms with E-state index in [1.807, 2.05) is 28.8 Å². The zero-order valence-electron chi connectivity index (χ0n) is 18.3. The van der Waals surface area contributed by atoms with Gasteiger partial charge in [-0.1, -0.05) is 12.1 Å². The molecule has 0 aliphatic rings. The van der Waals surface area contributed by atoms with Crippen LogP contribution in [0.25, 0.3) is 11.0 Å². The minimum atomic E-state index is -0.486. The number of aromatic nitrogens is 4. The van der Waals surface area contributed by atoms with E-state index in [2.05, 4.69) is 25.6 Å². The van der Waals surface area contributed by atoms with Crippen LogP contribution < -0.4 is 16.4 Å². The number of nitrogens with zero attached hydrogens (tertiary/aromatic N) is 4. The normalized spacial score (nSPS) is 11.1. The van der Waals surface area contributed by atoms with Crippen molar-refractivity contribution in [3.05, 3.63) is 77.8 Å². The van der Waals surface area contributed by atoms with E-state index in [1.165, 1.54) is 24.6 Å². The minimum absolute atomic E-state index is 0.0459. The molecule has 34 heavy (non-hydrogen) atoms. The molecule has 0 aliphatic carbocycles. The van der Waals surface area contributed by atoms with Gasteiger partial charge in [0.05, 0.1) is 23.3 Å². The van der Waals surface area contributed by atoms with Gasteiger partial charge in [-0.15, -0.1) is 0 Å². The molecule has 0 atom stereocenters. The SMILES string of the molecule is NC(=O)Cn1c(CCNCCc2nc(C(=O)NCc3ncccc3F)co2)nc2ccccc21. The predicted octanol–water partition coefficient (Wildman–Crippen LogP) is 1.35. The van der Waals surface area contributed by atoms with Gasteiger partial charge in [-0.3, -0.25) is 14.6 Å². The molecule has 0 unspecified atom stereocenters. The summed E-state index contributed by atoms with van der Waals surface area (Å²) in [5, 5.41) is 5.85. The van der Waals surface area contributed by atoms with Crippen LogP contribution >= 0.6 is 0 Å². The van der Waals surface area contributed by atoms with Gasteiger partial charge in [-0.25, -0.2) is 14.4 Å². The molecule has 176 valence electrons. The van der Waals surface area contributed by atoms with Gasteiger partial charge in [-0.2, -0.15) is 0 Å². The second kappa shape index (κ2) is 10.7. The molecule has 0 aliphatic heterocycles. The Morgan fingerprint density at radius 3 is 2.74 bits per heavy atom. The van der Waals surface area contributed by atoms with E-state index in [0.29, 0.717) is 31.8 Å². The van der Waals surface area contributed by atoms with Crippen molar-refractivity contribution in [3.8, 4) is 0 Å². The quantitative estimate of drug-likeness (QED) is 0.284. The third kappa shape index (κ3) is 5.62. The molecule has 3 aromatic heterocycles. The lowest BCUT2D eigenvalue weighted by molar-refractivity contribution is -0.118. The molecule has 0 bridgehead atoms. The summed E-state index contributed by atoms with van der Waals surface area (Å²) in [6, 6.07) is 10.4. The minimum Gasteiger partial charge on any atom is -0.448 e. The molecule has 0 spiro atoms. The number of hydrogen-bond donors (Lipinski definition) is 3. The average Bonchev–Trinajstić information content (AvgIpc) is 3.43. The van der Waals surface area contributed by atoms with Crippen LogP contribution in [0.5, 0.6) is 0 Å². The molecule has 2 amide bonds. The Kier molecular flexibility index (Phi) is 7.23. The Morgan fingerprint density at radius 1 is 1.09 bits per heavy atom. The van der Waals surface area contributed by atoms with Crippen LogP contribution in [0.4, 0.5) is 4.39 Å². The molecule has 4 aromatic rings. The van der Waals surface area contributed by atoms with E-state index in [-0.39, 0.29) is 24.5 Å². The summed E-state index contributed by atoms with van der Waals surface area (Å²) in [6.45, 7) is 1.21. The Labute approximate surface area is 194 Å².